The van der Waals surface area contributed by atoms with Crippen LogP contribution in [0.2, 0.25) is 5.02 Å². The first kappa shape index (κ1) is 20.3. The summed E-state index contributed by atoms with van der Waals surface area (Å²) < 4.78 is 0. The summed E-state index contributed by atoms with van der Waals surface area (Å²) in [6.07, 6.45) is 17.5. The van der Waals surface area contributed by atoms with Crippen molar-refractivity contribution in [2.24, 2.45) is 17.8 Å². The second kappa shape index (κ2) is 9.66. The topological polar surface area (TPSA) is 0 Å². The van der Waals surface area contributed by atoms with Gasteiger partial charge in [-0.25, -0.2) is 0 Å². The number of rotatable bonds is 7. The van der Waals surface area contributed by atoms with E-state index < -0.39 is 0 Å². The number of benzene rings is 2. The lowest BCUT2D eigenvalue weighted by atomic mass is 9.63. The lowest BCUT2D eigenvalue weighted by Gasteiger charge is -2.42. The molecule has 0 aliphatic heterocycles. The molecule has 4 atom stereocenters. The Bertz CT molecular complexity index is 764. The maximum Gasteiger partial charge on any atom is 0.0412 e. The Morgan fingerprint density at radius 2 is 1.54 bits per heavy atom. The highest BCUT2D eigenvalue weighted by Crippen LogP contribution is 2.48. The van der Waals surface area contributed by atoms with Crippen molar-refractivity contribution in [3.8, 4) is 0 Å². The molecule has 2 unspecified atom stereocenters. The third-order valence-corrected chi connectivity index (χ3v) is 7.97. The Hall–Kier alpha value is -1.01. The Kier molecular flexibility index (Phi) is 6.99. The van der Waals surface area contributed by atoms with E-state index in [2.05, 4.69) is 37.3 Å². The van der Waals surface area contributed by atoms with Crippen molar-refractivity contribution in [2.75, 3.05) is 0 Å². The van der Waals surface area contributed by atoms with Gasteiger partial charge in [-0.1, -0.05) is 87.7 Å². The van der Waals surface area contributed by atoms with Gasteiger partial charge in [-0.3, -0.25) is 0 Å². The number of fused-ring (bicyclic) bond motifs is 2. The van der Waals surface area contributed by atoms with Gasteiger partial charge < -0.3 is 0 Å². The van der Waals surface area contributed by atoms with Crippen LogP contribution in [0.3, 0.4) is 0 Å². The van der Waals surface area contributed by atoms with Crippen LogP contribution in [0.5, 0.6) is 0 Å². The van der Waals surface area contributed by atoms with E-state index in [0.29, 0.717) is 0 Å². The quantitative estimate of drug-likeness (QED) is 0.409. The van der Waals surface area contributed by atoms with E-state index in [4.69, 9.17) is 11.6 Å². The molecule has 152 valence electrons. The summed E-state index contributed by atoms with van der Waals surface area (Å²) in [5, 5.41) is 3.45. The van der Waals surface area contributed by atoms with Gasteiger partial charge in [0.2, 0.25) is 0 Å². The highest BCUT2D eigenvalue weighted by atomic mass is 35.5. The summed E-state index contributed by atoms with van der Waals surface area (Å²) >= 11 is 6.15. The summed E-state index contributed by atoms with van der Waals surface area (Å²) in [5.41, 5.74) is 1.56. The molecule has 2 saturated carbocycles. The number of hydrogen-bond acceptors (Lipinski definition) is 0. The van der Waals surface area contributed by atoms with Crippen LogP contribution in [0.25, 0.3) is 10.8 Å². The highest BCUT2D eigenvalue weighted by Gasteiger charge is 2.35. The number of hydrogen-bond donors (Lipinski definition) is 0. The zero-order valence-electron chi connectivity index (χ0n) is 17.6. The molecule has 4 rings (SSSR count). The van der Waals surface area contributed by atoms with Crippen LogP contribution in [0.4, 0.5) is 0 Å². The minimum atomic E-state index is 0.770. The van der Waals surface area contributed by atoms with Gasteiger partial charge >= 0.3 is 0 Å². The van der Waals surface area contributed by atoms with Gasteiger partial charge in [-0.15, -0.1) is 0 Å². The Morgan fingerprint density at radius 1 is 0.786 bits per heavy atom. The fraction of sp³-hybridized carbons (Fsp3) is 0.630. The molecule has 0 saturated heterocycles. The van der Waals surface area contributed by atoms with Crippen LogP contribution in [-0.2, 0) is 0 Å². The number of unbranched alkanes of at least 4 members (excludes halogenated alkanes) is 4. The van der Waals surface area contributed by atoms with Crippen LogP contribution in [0.15, 0.2) is 36.4 Å². The zero-order chi connectivity index (χ0) is 19.3. The van der Waals surface area contributed by atoms with E-state index >= 15 is 0 Å². The molecule has 2 aromatic rings. The van der Waals surface area contributed by atoms with Crippen molar-refractivity contribution in [2.45, 2.75) is 89.9 Å². The van der Waals surface area contributed by atoms with E-state index in [1.807, 2.05) is 6.07 Å². The smallest absolute Gasteiger partial charge is 0.0412 e. The van der Waals surface area contributed by atoms with Crippen LogP contribution in [0.1, 0.15) is 95.5 Å². The molecule has 0 heterocycles. The molecule has 1 heteroatoms. The normalized spacial score (nSPS) is 27.6. The highest BCUT2D eigenvalue weighted by molar-refractivity contribution is 6.31. The van der Waals surface area contributed by atoms with Crippen molar-refractivity contribution in [1.82, 2.24) is 0 Å². The van der Waals surface area contributed by atoms with E-state index in [9.17, 15) is 0 Å². The zero-order valence-corrected chi connectivity index (χ0v) is 18.4. The summed E-state index contributed by atoms with van der Waals surface area (Å²) in [5.74, 6) is 3.80. The minimum absolute atomic E-state index is 0.770. The maximum atomic E-state index is 6.15. The van der Waals surface area contributed by atoms with Gasteiger partial charge in [0.05, 0.1) is 0 Å². The van der Waals surface area contributed by atoms with Gasteiger partial charge in [0.1, 0.15) is 0 Å². The van der Waals surface area contributed by atoms with Gasteiger partial charge in [0, 0.05) is 5.02 Å². The fourth-order valence-corrected chi connectivity index (χ4v) is 6.26. The van der Waals surface area contributed by atoms with Gasteiger partial charge in [0.25, 0.3) is 0 Å². The lowest BCUT2D eigenvalue weighted by Crippen LogP contribution is -2.30. The lowest BCUT2D eigenvalue weighted by molar-refractivity contribution is 0.113. The monoisotopic (exact) mass is 396 g/mol. The summed E-state index contributed by atoms with van der Waals surface area (Å²) in [6, 6.07) is 13.4. The van der Waals surface area contributed by atoms with Crippen LogP contribution < -0.4 is 0 Å². The molecule has 28 heavy (non-hydrogen) atoms. The predicted octanol–water partition coefficient (Wildman–Crippen LogP) is 9.15. The standard InChI is InChI=1S/C27H37Cl/c1-2-3-4-5-6-7-20-8-9-22-17-23(11-10-21(22)16-20)24-12-13-26-19-27(28)15-14-25(26)18-24/h12-15,18-23H,2-11,16-17H2,1H3/t20-,21?,22-,23?/m1/s1. The summed E-state index contributed by atoms with van der Waals surface area (Å²) in [6.45, 7) is 2.31. The van der Waals surface area contributed by atoms with Crippen LogP contribution in [-0.4, -0.2) is 0 Å². The molecule has 0 nitrogen and oxygen atoms in total. The third kappa shape index (κ3) is 4.93. The van der Waals surface area contributed by atoms with Gasteiger partial charge in [-0.05, 0) is 84.2 Å². The van der Waals surface area contributed by atoms with E-state index in [0.717, 1.165) is 28.7 Å². The average molecular weight is 397 g/mol. The van der Waals surface area contributed by atoms with Gasteiger partial charge in [-0.2, -0.15) is 0 Å². The van der Waals surface area contributed by atoms with Crippen LogP contribution in [0, 0.1) is 17.8 Å². The predicted molar refractivity (Wildman–Crippen MR) is 123 cm³/mol. The average Bonchev–Trinajstić information content (AvgIpc) is 2.73. The van der Waals surface area contributed by atoms with E-state index in [-0.39, 0.29) is 0 Å². The molecule has 0 aromatic heterocycles. The van der Waals surface area contributed by atoms with E-state index in [1.165, 1.54) is 87.8 Å². The molecule has 0 spiro atoms. The molecule has 2 aliphatic carbocycles. The maximum absolute atomic E-state index is 6.15. The molecule has 0 amide bonds. The Morgan fingerprint density at radius 3 is 2.43 bits per heavy atom. The largest absolute Gasteiger partial charge is 0.0843 e. The minimum Gasteiger partial charge on any atom is -0.0843 e. The Balaban J connectivity index is 1.31. The third-order valence-electron chi connectivity index (χ3n) is 7.74. The second-order valence-electron chi connectivity index (χ2n) is 9.66. The first-order valence-corrected chi connectivity index (χ1v) is 12.3. The molecule has 0 N–H and O–H groups in total. The first-order chi connectivity index (χ1) is 13.7. The molecule has 2 aromatic carbocycles. The Labute approximate surface area is 177 Å². The van der Waals surface area contributed by atoms with Crippen molar-refractivity contribution in [3.63, 3.8) is 0 Å². The molecular weight excluding hydrogens is 360 g/mol. The molecule has 0 bridgehead atoms. The van der Waals surface area contributed by atoms with Crippen molar-refractivity contribution in [1.29, 1.82) is 0 Å². The summed E-state index contributed by atoms with van der Waals surface area (Å²) in [4.78, 5) is 0. The molecule has 0 radical (unpaired) electrons. The van der Waals surface area contributed by atoms with Crippen LogP contribution >= 0.6 is 11.6 Å². The van der Waals surface area contributed by atoms with E-state index in [1.54, 1.807) is 5.56 Å². The first-order valence-electron chi connectivity index (χ1n) is 11.9. The van der Waals surface area contributed by atoms with Crippen molar-refractivity contribution in [3.05, 3.63) is 47.0 Å². The SMILES string of the molecule is CCCCCCC[C@@H]1CC[C@@H]2CC(c3ccc4cc(Cl)ccc4c3)CCC2C1. The molecule has 2 aliphatic rings. The van der Waals surface area contributed by atoms with Crippen molar-refractivity contribution >= 4 is 22.4 Å². The number of halogens is 1. The van der Waals surface area contributed by atoms with Crippen molar-refractivity contribution < 1.29 is 0 Å². The molecule has 2 fully saturated rings. The second-order valence-corrected chi connectivity index (χ2v) is 10.1. The fourth-order valence-electron chi connectivity index (χ4n) is 6.08. The van der Waals surface area contributed by atoms with Gasteiger partial charge in [0.15, 0.2) is 0 Å². The molecular formula is C27H37Cl. The summed E-state index contributed by atoms with van der Waals surface area (Å²) in [7, 11) is 0.